The molecule has 0 aliphatic carbocycles. The molecule has 0 aromatic rings. The van der Waals surface area contributed by atoms with Gasteiger partial charge in [-0.2, -0.15) is 0 Å². The molecular weight excluding hydrogens is 815 g/mol. The van der Waals surface area contributed by atoms with Crippen LogP contribution in [0.4, 0.5) is 0 Å². The molecule has 66 heavy (non-hydrogen) atoms. The Labute approximate surface area is 411 Å². The Balaban J connectivity index is 4.55. The van der Waals surface area contributed by atoms with Crippen molar-refractivity contribution in [3.05, 3.63) is 36.5 Å². The van der Waals surface area contributed by atoms with E-state index in [9.17, 15) is 19.8 Å². The Morgan fingerprint density at radius 3 is 1.20 bits per heavy atom. The number of amides is 1. The Bertz CT molecular complexity index is 1090. The summed E-state index contributed by atoms with van der Waals surface area (Å²) in [4.78, 5) is 26.3. The summed E-state index contributed by atoms with van der Waals surface area (Å²) >= 11 is 0. The van der Waals surface area contributed by atoms with E-state index in [-0.39, 0.29) is 24.9 Å². The van der Waals surface area contributed by atoms with Crippen LogP contribution in [0, 0.1) is 0 Å². The fourth-order valence-electron chi connectivity index (χ4n) is 9.03. The van der Waals surface area contributed by atoms with Crippen molar-refractivity contribution in [3.8, 4) is 0 Å². The molecule has 3 atom stereocenters. The van der Waals surface area contributed by atoms with E-state index >= 15 is 0 Å². The maximum absolute atomic E-state index is 13.3. The molecule has 0 rings (SSSR count). The van der Waals surface area contributed by atoms with Gasteiger partial charge in [-0.1, -0.05) is 269 Å². The molecule has 0 aliphatic rings. The highest BCUT2D eigenvalue weighted by Crippen LogP contribution is 2.19. The van der Waals surface area contributed by atoms with Gasteiger partial charge in [0.15, 0.2) is 0 Å². The minimum Gasteiger partial charge on any atom is -0.462 e. The van der Waals surface area contributed by atoms with Gasteiger partial charge in [-0.25, -0.2) is 0 Å². The number of carbonyl (C=O) groups is 2. The van der Waals surface area contributed by atoms with Gasteiger partial charge in [0.1, 0.15) is 6.10 Å². The minimum absolute atomic E-state index is 0.0670. The Morgan fingerprint density at radius 1 is 0.439 bits per heavy atom. The average molecular weight is 929 g/mol. The number of allylic oxidation sites excluding steroid dienone is 6. The topological polar surface area (TPSA) is 95.9 Å². The van der Waals surface area contributed by atoms with Crippen LogP contribution in [0.25, 0.3) is 0 Å². The maximum Gasteiger partial charge on any atom is 0.306 e. The van der Waals surface area contributed by atoms with Crippen molar-refractivity contribution in [2.24, 2.45) is 0 Å². The summed E-state index contributed by atoms with van der Waals surface area (Å²) in [5.74, 6) is -0.479. The van der Waals surface area contributed by atoms with E-state index in [1.807, 2.05) is 0 Å². The average Bonchev–Trinajstić information content (AvgIpc) is 3.31. The fraction of sp³-hybridized carbons (Fsp3) is 0.867. The lowest BCUT2D eigenvalue weighted by molar-refractivity contribution is -0.151. The Hall–Kier alpha value is -1.92. The molecule has 0 spiro atoms. The molecular formula is C60H113NO5. The van der Waals surface area contributed by atoms with Crippen LogP contribution in [0.1, 0.15) is 310 Å². The van der Waals surface area contributed by atoms with E-state index in [0.717, 1.165) is 83.5 Å². The number of hydrogen-bond donors (Lipinski definition) is 3. The molecule has 6 heteroatoms. The number of esters is 1. The maximum atomic E-state index is 13.3. The lowest BCUT2D eigenvalue weighted by atomic mass is 10.0. The molecule has 0 saturated carbocycles. The number of hydrogen-bond acceptors (Lipinski definition) is 5. The first-order valence-electron chi connectivity index (χ1n) is 29.2. The number of ether oxygens (including phenoxy) is 1. The van der Waals surface area contributed by atoms with Crippen LogP contribution in [0.3, 0.4) is 0 Å². The first-order valence-corrected chi connectivity index (χ1v) is 29.2. The molecule has 0 saturated heterocycles. The number of nitrogens with one attached hydrogen (secondary N) is 1. The van der Waals surface area contributed by atoms with Gasteiger partial charge >= 0.3 is 5.97 Å². The van der Waals surface area contributed by atoms with Gasteiger partial charge in [0.25, 0.3) is 0 Å². The summed E-state index contributed by atoms with van der Waals surface area (Å²) in [6.45, 7) is 6.48. The Kier molecular flexibility index (Phi) is 52.5. The van der Waals surface area contributed by atoms with Gasteiger partial charge in [-0.3, -0.25) is 9.59 Å². The molecule has 0 fully saturated rings. The van der Waals surface area contributed by atoms with Crippen molar-refractivity contribution >= 4 is 11.9 Å². The lowest BCUT2D eigenvalue weighted by Crippen LogP contribution is -2.46. The molecule has 3 N–H and O–H groups in total. The van der Waals surface area contributed by atoms with Crippen LogP contribution in [0.5, 0.6) is 0 Å². The highest BCUT2D eigenvalue weighted by atomic mass is 16.5. The molecule has 3 unspecified atom stereocenters. The third-order valence-electron chi connectivity index (χ3n) is 13.5. The van der Waals surface area contributed by atoms with Crippen molar-refractivity contribution in [2.45, 2.75) is 328 Å². The van der Waals surface area contributed by atoms with Crippen LogP contribution in [0.15, 0.2) is 36.5 Å². The molecule has 388 valence electrons. The normalized spacial score (nSPS) is 13.3. The largest absolute Gasteiger partial charge is 0.462 e. The molecule has 0 aliphatic heterocycles. The van der Waals surface area contributed by atoms with E-state index < -0.39 is 18.2 Å². The third kappa shape index (κ3) is 48.5. The minimum atomic E-state index is -0.791. The van der Waals surface area contributed by atoms with E-state index in [1.54, 1.807) is 0 Å². The zero-order chi connectivity index (χ0) is 48.1. The molecule has 0 radical (unpaired) electrons. The van der Waals surface area contributed by atoms with Gasteiger partial charge in [-0.05, 0) is 64.2 Å². The van der Waals surface area contributed by atoms with E-state index in [2.05, 4.69) is 62.5 Å². The van der Waals surface area contributed by atoms with Crippen molar-refractivity contribution in [1.82, 2.24) is 5.32 Å². The predicted molar refractivity (Wildman–Crippen MR) is 287 cm³/mol. The molecule has 0 aromatic heterocycles. The van der Waals surface area contributed by atoms with E-state index in [0.29, 0.717) is 19.3 Å². The molecule has 0 heterocycles. The number of carbonyl (C=O) groups excluding carboxylic acids is 2. The number of unbranched alkanes of at least 4 members (excludes halogenated alkanes) is 35. The van der Waals surface area contributed by atoms with Gasteiger partial charge in [0.2, 0.25) is 5.91 Å². The van der Waals surface area contributed by atoms with Crippen molar-refractivity contribution in [2.75, 3.05) is 6.61 Å². The summed E-state index contributed by atoms with van der Waals surface area (Å²) in [6, 6.07) is -0.706. The summed E-state index contributed by atoms with van der Waals surface area (Å²) in [7, 11) is 0. The highest BCUT2D eigenvalue weighted by molar-refractivity contribution is 5.77. The van der Waals surface area contributed by atoms with Crippen molar-refractivity contribution in [3.63, 3.8) is 0 Å². The monoisotopic (exact) mass is 928 g/mol. The number of rotatable bonds is 53. The number of aliphatic hydroxyl groups is 2. The highest BCUT2D eigenvalue weighted by Gasteiger charge is 2.24. The van der Waals surface area contributed by atoms with Gasteiger partial charge in [0.05, 0.1) is 25.2 Å². The summed E-state index contributed by atoms with van der Waals surface area (Å²) < 4.78 is 5.96. The zero-order valence-corrected chi connectivity index (χ0v) is 44.3. The summed E-state index contributed by atoms with van der Waals surface area (Å²) in [6.07, 6.45) is 65.0. The fourth-order valence-corrected chi connectivity index (χ4v) is 9.03. The van der Waals surface area contributed by atoms with Gasteiger partial charge in [0, 0.05) is 6.42 Å². The Morgan fingerprint density at radius 2 is 0.773 bits per heavy atom. The summed E-state index contributed by atoms with van der Waals surface area (Å²) in [5, 5.41) is 23.8. The van der Waals surface area contributed by atoms with E-state index in [1.165, 1.54) is 180 Å². The second-order valence-electron chi connectivity index (χ2n) is 20.1. The van der Waals surface area contributed by atoms with E-state index in [4.69, 9.17) is 4.74 Å². The van der Waals surface area contributed by atoms with Crippen LogP contribution >= 0.6 is 0 Å². The van der Waals surface area contributed by atoms with Crippen LogP contribution in [-0.2, 0) is 14.3 Å². The molecule has 1 amide bonds. The predicted octanol–water partition coefficient (Wildman–Crippen LogP) is 18.0. The molecule has 0 bridgehead atoms. The van der Waals surface area contributed by atoms with Crippen molar-refractivity contribution < 1.29 is 24.5 Å². The lowest BCUT2D eigenvalue weighted by Gasteiger charge is -2.24. The first-order chi connectivity index (χ1) is 32.5. The number of aliphatic hydroxyl groups excluding tert-OH is 2. The van der Waals surface area contributed by atoms with Crippen molar-refractivity contribution in [1.29, 1.82) is 0 Å². The quantitative estimate of drug-likeness (QED) is 0.0321. The second kappa shape index (κ2) is 54.0. The standard InChI is InChI=1S/C60H113NO5/c1-4-7-10-13-16-19-22-24-26-28-29-31-33-35-38-41-44-47-50-53-60(65)66-56(51-48-45-42-39-37-34-32-30-27-25-23-20-17-14-11-8-5-2)54-59(64)61-57(55-62)58(63)52-49-46-43-40-36-21-18-15-12-9-6-3/h17,20,25,27,32,34,56-58,62-63H,4-16,18-19,21-24,26,28-31,33,35-55H2,1-3H3,(H,61,64)/b20-17-,27-25-,34-32-. The zero-order valence-electron chi connectivity index (χ0n) is 44.3. The molecule has 0 aromatic carbocycles. The smallest absolute Gasteiger partial charge is 0.306 e. The first kappa shape index (κ1) is 64.1. The van der Waals surface area contributed by atoms with Gasteiger partial charge in [-0.15, -0.1) is 0 Å². The van der Waals surface area contributed by atoms with Crippen LogP contribution < -0.4 is 5.32 Å². The second-order valence-corrected chi connectivity index (χ2v) is 20.1. The SMILES string of the molecule is CCCCC/C=C\C/C=C\C/C=C\CCCCCCC(CC(=O)NC(CO)C(O)CCCCCCCCCCCCC)OC(=O)CCCCCCCCCCCCCCCCCCCCC. The van der Waals surface area contributed by atoms with Crippen LogP contribution in [0.2, 0.25) is 0 Å². The third-order valence-corrected chi connectivity index (χ3v) is 13.5. The van der Waals surface area contributed by atoms with Gasteiger partial charge < -0.3 is 20.3 Å². The molecule has 6 nitrogen and oxygen atoms in total. The summed E-state index contributed by atoms with van der Waals surface area (Å²) in [5.41, 5.74) is 0. The van der Waals surface area contributed by atoms with Crippen LogP contribution in [-0.4, -0.2) is 46.9 Å².